The van der Waals surface area contributed by atoms with Gasteiger partial charge in [-0.1, -0.05) is 23.7 Å². The van der Waals surface area contributed by atoms with E-state index in [0.717, 1.165) is 16.0 Å². The summed E-state index contributed by atoms with van der Waals surface area (Å²) < 4.78 is 5.41. The Balaban J connectivity index is 1.53. The van der Waals surface area contributed by atoms with Crippen LogP contribution in [0.4, 0.5) is 0 Å². The third-order valence-corrected chi connectivity index (χ3v) is 5.29. The molecule has 2 aromatic carbocycles. The first-order valence-corrected chi connectivity index (χ1v) is 9.53. The lowest BCUT2D eigenvalue weighted by Crippen LogP contribution is -2.53. The number of fused-ring (bicyclic) bond motifs is 1. The minimum Gasteiger partial charge on any atom is -0.484 e. The monoisotopic (exact) mass is 429 g/mol. The van der Waals surface area contributed by atoms with Crippen molar-refractivity contribution in [1.82, 2.24) is 15.8 Å². The van der Waals surface area contributed by atoms with Gasteiger partial charge in [0.2, 0.25) is 0 Å². The van der Waals surface area contributed by atoms with Crippen molar-refractivity contribution in [3.63, 3.8) is 0 Å². The molecule has 1 aliphatic rings. The zero-order valence-electron chi connectivity index (χ0n) is 16.6. The Hall–Kier alpha value is -3.39. The molecule has 0 spiro atoms. The number of nitrogens with zero attached hydrogens (tertiary/aromatic N) is 1. The molecule has 1 heterocycles. The first kappa shape index (κ1) is 21.3. The highest BCUT2D eigenvalue weighted by molar-refractivity contribution is 6.32. The maximum Gasteiger partial charge on any atom is 0.276 e. The number of nitrogens with one attached hydrogen (secondary N) is 2. The van der Waals surface area contributed by atoms with Gasteiger partial charge in [0.25, 0.3) is 23.6 Å². The average molecular weight is 430 g/mol. The van der Waals surface area contributed by atoms with Gasteiger partial charge in [-0.15, -0.1) is 0 Å². The smallest absolute Gasteiger partial charge is 0.276 e. The molecule has 2 N–H and O–H groups in total. The van der Waals surface area contributed by atoms with E-state index in [9.17, 15) is 19.2 Å². The van der Waals surface area contributed by atoms with E-state index in [0.29, 0.717) is 10.8 Å². The first-order chi connectivity index (χ1) is 14.2. The Morgan fingerprint density at radius 2 is 1.57 bits per heavy atom. The Bertz CT molecular complexity index is 995. The lowest BCUT2D eigenvalue weighted by molar-refractivity contribution is -0.131. The second kappa shape index (κ2) is 8.54. The summed E-state index contributed by atoms with van der Waals surface area (Å²) in [6, 6.07) is 8.63. The lowest BCUT2D eigenvalue weighted by atomic mass is 10.1. The Kier molecular flexibility index (Phi) is 6.07. The third kappa shape index (κ3) is 4.13. The number of hydrogen-bond donors (Lipinski definition) is 2. The van der Waals surface area contributed by atoms with Gasteiger partial charge in [0, 0.05) is 5.02 Å². The second-order valence-electron chi connectivity index (χ2n) is 6.90. The van der Waals surface area contributed by atoms with E-state index in [-0.39, 0.29) is 17.7 Å². The Labute approximate surface area is 178 Å². The molecule has 0 unspecified atom stereocenters. The number of rotatable bonds is 5. The van der Waals surface area contributed by atoms with Crippen molar-refractivity contribution >= 4 is 35.2 Å². The van der Waals surface area contributed by atoms with Gasteiger partial charge in [0.1, 0.15) is 11.8 Å². The minimum absolute atomic E-state index is 0.244. The zero-order chi connectivity index (χ0) is 22.0. The fourth-order valence-electron chi connectivity index (χ4n) is 3.09. The number of hydrazine groups is 1. The molecule has 30 heavy (non-hydrogen) atoms. The summed E-state index contributed by atoms with van der Waals surface area (Å²) in [7, 11) is 0. The number of imide groups is 1. The fourth-order valence-corrected chi connectivity index (χ4v) is 3.20. The normalized spacial score (nSPS) is 13.7. The van der Waals surface area contributed by atoms with Crippen LogP contribution in [0.15, 0.2) is 36.4 Å². The maximum absolute atomic E-state index is 12.4. The molecule has 1 aliphatic heterocycles. The number of amides is 4. The molecule has 3 rings (SSSR count). The standard InChI is InChI=1S/C21H20ClN3O5/c1-11-8-14(9-12(2)18(11)22)30-10-17(26)23-24-19(27)13(3)25-20(28)15-6-4-5-7-16(15)21(25)29/h4-9,13H,10H2,1-3H3,(H,23,26)(H,24,27)/t13-/m0/s1. The SMILES string of the molecule is Cc1cc(OCC(=O)NNC(=O)[C@H](C)N2C(=O)c3ccccc3C2=O)cc(C)c1Cl. The fraction of sp³-hybridized carbons (Fsp3) is 0.238. The maximum atomic E-state index is 12.4. The molecule has 0 radical (unpaired) electrons. The van der Waals surface area contributed by atoms with Crippen molar-refractivity contribution in [2.75, 3.05) is 6.61 Å². The van der Waals surface area contributed by atoms with Crippen LogP contribution in [0, 0.1) is 13.8 Å². The summed E-state index contributed by atoms with van der Waals surface area (Å²) in [5, 5.41) is 0.626. The predicted octanol–water partition coefficient (Wildman–Crippen LogP) is 2.17. The van der Waals surface area contributed by atoms with Crippen molar-refractivity contribution in [2.24, 2.45) is 0 Å². The summed E-state index contributed by atoms with van der Waals surface area (Å²) >= 11 is 6.10. The number of benzene rings is 2. The summed E-state index contributed by atoms with van der Waals surface area (Å²) in [4.78, 5) is 50.1. The number of carbonyl (C=O) groups excluding carboxylic acids is 4. The highest BCUT2D eigenvalue weighted by atomic mass is 35.5. The summed E-state index contributed by atoms with van der Waals surface area (Å²) in [5.41, 5.74) is 6.54. The molecule has 0 saturated heterocycles. The minimum atomic E-state index is -1.11. The summed E-state index contributed by atoms with van der Waals surface area (Å²) in [6.45, 7) is 4.70. The molecule has 0 aliphatic carbocycles. The van der Waals surface area contributed by atoms with Crippen LogP contribution in [-0.2, 0) is 9.59 Å². The summed E-state index contributed by atoms with van der Waals surface area (Å²) in [6.07, 6.45) is 0. The largest absolute Gasteiger partial charge is 0.484 e. The molecular formula is C21H20ClN3O5. The van der Waals surface area contributed by atoms with Crippen LogP contribution >= 0.6 is 11.6 Å². The van der Waals surface area contributed by atoms with Crippen molar-refractivity contribution in [3.8, 4) is 5.75 Å². The highest BCUT2D eigenvalue weighted by Gasteiger charge is 2.40. The van der Waals surface area contributed by atoms with Gasteiger partial charge in [-0.25, -0.2) is 0 Å². The van der Waals surface area contributed by atoms with Crippen LogP contribution in [0.2, 0.25) is 5.02 Å². The molecule has 0 fully saturated rings. The van der Waals surface area contributed by atoms with Crippen LogP contribution in [0.25, 0.3) is 0 Å². The van der Waals surface area contributed by atoms with Crippen molar-refractivity contribution in [1.29, 1.82) is 0 Å². The van der Waals surface area contributed by atoms with Crippen LogP contribution < -0.4 is 15.6 Å². The first-order valence-electron chi connectivity index (χ1n) is 9.16. The van der Waals surface area contributed by atoms with Crippen molar-refractivity contribution in [2.45, 2.75) is 26.8 Å². The number of aryl methyl sites for hydroxylation is 2. The van der Waals surface area contributed by atoms with E-state index < -0.39 is 29.7 Å². The van der Waals surface area contributed by atoms with E-state index in [1.54, 1.807) is 24.3 Å². The van der Waals surface area contributed by atoms with Gasteiger partial charge < -0.3 is 4.74 Å². The quantitative estimate of drug-likeness (QED) is 0.560. The lowest BCUT2D eigenvalue weighted by Gasteiger charge is -2.21. The number of halogens is 1. The average Bonchev–Trinajstić information content (AvgIpc) is 2.98. The van der Waals surface area contributed by atoms with Gasteiger partial charge in [0.15, 0.2) is 6.61 Å². The molecular weight excluding hydrogens is 410 g/mol. The Morgan fingerprint density at radius 3 is 2.10 bits per heavy atom. The van der Waals surface area contributed by atoms with Gasteiger partial charge >= 0.3 is 0 Å². The summed E-state index contributed by atoms with van der Waals surface area (Å²) in [5.74, 6) is -1.96. The van der Waals surface area contributed by atoms with Gasteiger partial charge in [0.05, 0.1) is 11.1 Å². The Morgan fingerprint density at radius 1 is 1.03 bits per heavy atom. The van der Waals surface area contributed by atoms with E-state index >= 15 is 0 Å². The van der Waals surface area contributed by atoms with Gasteiger partial charge in [-0.2, -0.15) is 0 Å². The second-order valence-corrected chi connectivity index (χ2v) is 7.28. The van der Waals surface area contributed by atoms with E-state index in [1.165, 1.54) is 19.1 Å². The van der Waals surface area contributed by atoms with Gasteiger partial charge in [-0.05, 0) is 56.2 Å². The van der Waals surface area contributed by atoms with Crippen molar-refractivity contribution < 1.29 is 23.9 Å². The number of hydrogen-bond acceptors (Lipinski definition) is 5. The highest BCUT2D eigenvalue weighted by Crippen LogP contribution is 2.26. The molecule has 0 saturated carbocycles. The van der Waals surface area contributed by atoms with Crippen molar-refractivity contribution in [3.05, 3.63) is 63.7 Å². The molecule has 0 aromatic heterocycles. The van der Waals surface area contributed by atoms with E-state index in [2.05, 4.69) is 10.9 Å². The van der Waals surface area contributed by atoms with Crippen LogP contribution in [0.1, 0.15) is 38.8 Å². The molecule has 9 heteroatoms. The molecule has 156 valence electrons. The molecule has 2 aromatic rings. The number of carbonyl (C=O) groups is 4. The topological polar surface area (TPSA) is 105 Å². The number of ether oxygens (including phenoxy) is 1. The van der Waals surface area contributed by atoms with Crippen LogP contribution in [-0.4, -0.2) is 41.2 Å². The van der Waals surface area contributed by atoms with Crippen LogP contribution in [0.3, 0.4) is 0 Å². The van der Waals surface area contributed by atoms with Crippen LogP contribution in [0.5, 0.6) is 5.75 Å². The van der Waals surface area contributed by atoms with E-state index in [4.69, 9.17) is 16.3 Å². The van der Waals surface area contributed by atoms with E-state index in [1.807, 2.05) is 13.8 Å². The third-order valence-electron chi connectivity index (χ3n) is 4.70. The molecule has 8 nitrogen and oxygen atoms in total. The van der Waals surface area contributed by atoms with Gasteiger partial charge in [-0.3, -0.25) is 34.9 Å². The molecule has 4 amide bonds. The predicted molar refractivity (Wildman–Crippen MR) is 109 cm³/mol. The zero-order valence-corrected chi connectivity index (χ0v) is 17.4. The molecule has 1 atom stereocenters. The molecule has 0 bridgehead atoms.